The molecule has 0 saturated heterocycles. The molecule has 0 radical (unpaired) electrons. The first-order chi connectivity index (χ1) is 10.6. The molecule has 3 N–H and O–H groups in total. The highest BCUT2D eigenvalue weighted by molar-refractivity contribution is 5.98. The number of imide groups is 1. The SMILES string of the molecule is CCNC(=O)NC(=O)[C@H](C)Nc1ccccc1OCCOC. The molecule has 122 valence electrons. The zero-order valence-corrected chi connectivity index (χ0v) is 13.1. The quantitative estimate of drug-likeness (QED) is 0.631. The van der Waals surface area contributed by atoms with Crippen LogP contribution in [0.2, 0.25) is 0 Å². The molecule has 0 saturated carbocycles. The van der Waals surface area contributed by atoms with Crippen LogP contribution in [-0.2, 0) is 9.53 Å². The molecule has 0 spiro atoms. The second kappa shape index (κ2) is 9.62. The van der Waals surface area contributed by atoms with E-state index in [4.69, 9.17) is 9.47 Å². The Bertz CT molecular complexity index is 493. The van der Waals surface area contributed by atoms with Gasteiger partial charge in [-0.25, -0.2) is 4.79 Å². The third-order valence-corrected chi connectivity index (χ3v) is 2.77. The molecule has 3 amide bonds. The van der Waals surface area contributed by atoms with Crippen molar-refractivity contribution in [2.75, 3.05) is 32.2 Å². The number of nitrogens with one attached hydrogen (secondary N) is 3. The van der Waals surface area contributed by atoms with E-state index in [9.17, 15) is 9.59 Å². The minimum Gasteiger partial charge on any atom is -0.489 e. The number of urea groups is 1. The highest BCUT2D eigenvalue weighted by atomic mass is 16.5. The molecule has 0 aromatic heterocycles. The number of hydrogen-bond donors (Lipinski definition) is 3. The maximum Gasteiger partial charge on any atom is 0.321 e. The van der Waals surface area contributed by atoms with Gasteiger partial charge in [0, 0.05) is 13.7 Å². The summed E-state index contributed by atoms with van der Waals surface area (Å²) >= 11 is 0. The number of amides is 3. The molecule has 1 aromatic rings. The topological polar surface area (TPSA) is 88.7 Å². The first-order valence-corrected chi connectivity index (χ1v) is 7.14. The fourth-order valence-electron chi connectivity index (χ4n) is 1.67. The molecule has 0 bridgehead atoms. The molecule has 22 heavy (non-hydrogen) atoms. The van der Waals surface area contributed by atoms with Crippen LogP contribution in [0.3, 0.4) is 0 Å². The normalized spacial score (nSPS) is 11.4. The third kappa shape index (κ3) is 6.01. The van der Waals surface area contributed by atoms with Crippen LogP contribution in [0.1, 0.15) is 13.8 Å². The molecule has 0 aliphatic heterocycles. The lowest BCUT2D eigenvalue weighted by Crippen LogP contribution is -2.45. The van der Waals surface area contributed by atoms with Crippen molar-refractivity contribution in [3.63, 3.8) is 0 Å². The lowest BCUT2D eigenvalue weighted by Gasteiger charge is -2.17. The summed E-state index contributed by atoms with van der Waals surface area (Å²) in [4.78, 5) is 23.3. The van der Waals surface area contributed by atoms with E-state index in [-0.39, 0.29) is 0 Å². The number of carbonyl (C=O) groups is 2. The van der Waals surface area contributed by atoms with Gasteiger partial charge >= 0.3 is 6.03 Å². The Kier molecular flexibility index (Phi) is 7.77. The fourth-order valence-corrected chi connectivity index (χ4v) is 1.67. The Morgan fingerprint density at radius 2 is 1.95 bits per heavy atom. The van der Waals surface area contributed by atoms with Crippen LogP contribution in [-0.4, -0.2) is 44.8 Å². The van der Waals surface area contributed by atoms with E-state index in [0.717, 1.165) is 0 Å². The lowest BCUT2D eigenvalue weighted by molar-refractivity contribution is -0.120. The number of ether oxygens (including phenoxy) is 2. The van der Waals surface area contributed by atoms with E-state index < -0.39 is 18.0 Å². The number of anilines is 1. The number of para-hydroxylation sites is 2. The Morgan fingerprint density at radius 3 is 2.64 bits per heavy atom. The van der Waals surface area contributed by atoms with Crippen molar-refractivity contribution in [2.45, 2.75) is 19.9 Å². The Labute approximate surface area is 130 Å². The van der Waals surface area contributed by atoms with Gasteiger partial charge in [0.1, 0.15) is 18.4 Å². The summed E-state index contributed by atoms with van der Waals surface area (Å²) in [6.45, 7) is 4.78. The largest absolute Gasteiger partial charge is 0.489 e. The second-order valence-corrected chi connectivity index (χ2v) is 4.55. The first kappa shape index (κ1) is 17.8. The van der Waals surface area contributed by atoms with E-state index in [1.807, 2.05) is 12.1 Å². The maximum absolute atomic E-state index is 11.9. The summed E-state index contributed by atoms with van der Waals surface area (Å²) in [5, 5.41) is 7.79. The second-order valence-electron chi connectivity index (χ2n) is 4.55. The minimum absolute atomic E-state index is 0.411. The summed E-state index contributed by atoms with van der Waals surface area (Å²) in [5.74, 6) is 0.204. The number of hydrogen-bond acceptors (Lipinski definition) is 5. The van der Waals surface area contributed by atoms with Gasteiger partial charge < -0.3 is 20.1 Å². The van der Waals surface area contributed by atoms with Crippen molar-refractivity contribution in [2.24, 2.45) is 0 Å². The van der Waals surface area contributed by atoms with Crippen LogP contribution in [0.15, 0.2) is 24.3 Å². The highest BCUT2D eigenvalue weighted by Gasteiger charge is 2.16. The minimum atomic E-state index is -0.588. The van der Waals surface area contributed by atoms with Crippen LogP contribution >= 0.6 is 0 Å². The maximum atomic E-state index is 11.9. The molecular formula is C15H23N3O4. The van der Waals surface area contributed by atoms with Gasteiger partial charge in [-0.15, -0.1) is 0 Å². The van der Waals surface area contributed by atoms with Gasteiger partial charge in [-0.05, 0) is 26.0 Å². The average Bonchev–Trinajstić information content (AvgIpc) is 2.49. The number of rotatable bonds is 8. The highest BCUT2D eigenvalue weighted by Crippen LogP contribution is 2.24. The fraction of sp³-hybridized carbons (Fsp3) is 0.467. The molecule has 7 nitrogen and oxygen atoms in total. The summed E-state index contributed by atoms with van der Waals surface area (Å²) < 4.78 is 10.5. The molecule has 0 aliphatic rings. The van der Waals surface area contributed by atoms with E-state index in [2.05, 4.69) is 16.0 Å². The number of methoxy groups -OCH3 is 1. The Balaban J connectivity index is 2.61. The predicted molar refractivity (Wildman–Crippen MR) is 84.1 cm³/mol. The molecular weight excluding hydrogens is 286 g/mol. The van der Waals surface area contributed by atoms with Gasteiger partial charge in [0.05, 0.1) is 12.3 Å². The first-order valence-electron chi connectivity index (χ1n) is 7.14. The summed E-state index contributed by atoms with van der Waals surface area (Å²) in [5.41, 5.74) is 0.678. The average molecular weight is 309 g/mol. The third-order valence-electron chi connectivity index (χ3n) is 2.77. The molecule has 7 heteroatoms. The predicted octanol–water partition coefficient (Wildman–Crippen LogP) is 1.36. The van der Waals surface area contributed by atoms with Crippen LogP contribution in [0.25, 0.3) is 0 Å². The Hall–Kier alpha value is -2.28. The summed E-state index contributed by atoms with van der Waals surface area (Å²) in [6, 6.07) is 6.18. The lowest BCUT2D eigenvalue weighted by atomic mass is 10.2. The van der Waals surface area contributed by atoms with E-state index in [1.54, 1.807) is 33.1 Å². The van der Waals surface area contributed by atoms with Crippen LogP contribution in [0, 0.1) is 0 Å². The molecule has 0 heterocycles. The van der Waals surface area contributed by atoms with Gasteiger partial charge in [0.2, 0.25) is 5.91 Å². The van der Waals surface area contributed by atoms with Crippen LogP contribution in [0.4, 0.5) is 10.5 Å². The molecule has 0 fully saturated rings. The van der Waals surface area contributed by atoms with E-state index in [1.165, 1.54) is 0 Å². The van der Waals surface area contributed by atoms with Crippen molar-refractivity contribution >= 4 is 17.6 Å². The van der Waals surface area contributed by atoms with E-state index >= 15 is 0 Å². The molecule has 0 unspecified atom stereocenters. The zero-order chi connectivity index (χ0) is 16.4. The van der Waals surface area contributed by atoms with Crippen LogP contribution in [0.5, 0.6) is 5.75 Å². The number of carbonyl (C=O) groups excluding carboxylic acids is 2. The standard InChI is InChI=1S/C15H23N3O4/c1-4-16-15(20)18-14(19)11(2)17-12-7-5-6-8-13(12)22-10-9-21-3/h5-8,11,17H,4,9-10H2,1-3H3,(H2,16,18,19,20)/t11-/m0/s1. The van der Waals surface area contributed by atoms with Crippen molar-refractivity contribution in [3.8, 4) is 5.75 Å². The van der Waals surface area contributed by atoms with Gasteiger partial charge in [0.15, 0.2) is 0 Å². The molecule has 1 aromatic carbocycles. The van der Waals surface area contributed by atoms with E-state index in [0.29, 0.717) is 31.2 Å². The monoisotopic (exact) mass is 309 g/mol. The van der Waals surface area contributed by atoms with Crippen molar-refractivity contribution in [1.82, 2.24) is 10.6 Å². The van der Waals surface area contributed by atoms with Gasteiger partial charge in [-0.2, -0.15) is 0 Å². The molecule has 0 aliphatic carbocycles. The smallest absolute Gasteiger partial charge is 0.321 e. The summed E-state index contributed by atoms with van der Waals surface area (Å²) in [7, 11) is 1.60. The number of benzene rings is 1. The van der Waals surface area contributed by atoms with Gasteiger partial charge in [-0.3, -0.25) is 10.1 Å². The van der Waals surface area contributed by atoms with Crippen molar-refractivity contribution in [1.29, 1.82) is 0 Å². The van der Waals surface area contributed by atoms with Crippen molar-refractivity contribution < 1.29 is 19.1 Å². The zero-order valence-electron chi connectivity index (χ0n) is 13.1. The molecule has 1 atom stereocenters. The van der Waals surface area contributed by atoms with Crippen LogP contribution < -0.4 is 20.7 Å². The molecule has 1 rings (SSSR count). The van der Waals surface area contributed by atoms with Gasteiger partial charge in [-0.1, -0.05) is 12.1 Å². The van der Waals surface area contributed by atoms with Gasteiger partial charge in [0.25, 0.3) is 0 Å². The van der Waals surface area contributed by atoms with Crippen molar-refractivity contribution in [3.05, 3.63) is 24.3 Å². The Morgan fingerprint density at radius 1 is 1.23 bits per heavy atom. The summed E-state index contributed by atoms with van der Waals surface area (Å²) in [6.07, 6.45) is 0.